The van der Waals surface area contributed by atoms with Crippen molar-refractivity contribution in [2.75, 3.05) is 0 Å². The van der Waals surface area contributed by atoms with E-state index < -0.39 is 8.80 Å². The molecule has 2 heteroatoms. The first-order valence-electron chi connectivity index (χ1n) is 10.6. The van der Waals surface area contributed by atoms with Crippen LogP contribution >= 0.6 is 0 Å². The molecule has 2 aliphatic carbocycles. The van der Waals surface area contributed by atoms with Gasteiger partial charge >= 0.3 is 0 Å². The van der Waals surface area contributed by atoms with Gasteiger partial charge in [-0.15, -0.1) is 0 Å². The zero-order valence-electron chi connectivity index (χ0n) is 18.4. The van der Waals surface area contributed by atoms with Crippen molar-refractivity contribution in [2.24, 2.45) is 10.8 Å². The van der Waals surface area contributed by atoms with Gasteiger partial charge in [-0.05, 0) is 47.4 Å². The number of aromatic nitrogens is 1. The minimum atomic E-state index is -0.399. The molecule has 0 aliphatic heterocycles. The van der Waals surface area contributed by atoms with Gasteiger partial charge in [0.2, 0.25) is 0 Å². The van der Waals surface area contributed by atoms with Crippen LogP contribution in [-0.2, 0) is 11.6 Å². The lowest BCUT2D eigenvalue weighted by molar-refractivity contribution is -0.0849. The van der Waals surface area contributed by atoms with E-state index in [-0.39, 0.29) is 16.2 Å². The van der Waals surface area contributed by atoms with Crippen LogP contribution in [0.2, 0.25) is 13.1 Å². The molecule has 145 valence electrons. The Morgan fingerprint density at radius 2 is 1.64 bits per heavy atom. The highest BCUT2D eigenvalue weighted by Crippen LogP contribution is 2.76. The van der Waals surface area contributed by atoms with Crippen LogP contribution in [0.15, 0.2) is 42.5 Å². The second kappa shape index (κ2) is 5.41. The Labute approximate surface area is 171 Å². The quantitative estimate of drug-likeness (QED) is 0.419. The zero-order valence-corrected chi connectivity index (χ0v) is 19.4. The molecule has 0 unspecified atom stereocenters. The van der Waals surface area contributed by atoms with Gasteiger partial charge in [-0.3, -0.25) is 0 Å². The summed E-state index contributed by atoms with van der Waals surface area (Å²) in [5.41, 5.74) is 9.61. The Bertz CT molecular complexity index is 1100. The summed E-state index contributed by atoms with van der Waals surface area (Å²) in [7, 11) is -0.399. The fraction of sp³-hybridized carbons (Fsp3) is 0.462. The normalized spacial score (nSPS) is 20.4. The average Bonchev–Trinajstić information content (AvgIpc) is 3.06. The van der Waals surface area contributed by atoms with Gasteiger partial charge in [-0.25, -0.2) is 0 Å². The predicted octanol–water partition coefficient (Wildman–Crippen LogP) is 6.97. The molecule has 1 heterocycles. The zero-order chi connectivity index (χ0) is 20.1. The van der Waals surface area contributed by atoms with Crippen LogP contribution in [0.3, 0.4) is 0 Å². The first-order valence-corrected chi connectivity index (χ1v) is 13.3. The molecular formula is C26H32NSi. The second-order valence-corrected chi connectivity index (χ2v) is 13.5. The van der Waals surface area contributed by atoms with Crippen LogP contribution in [0.25, 0.3) is 22.2 Å². The molecule has 5 rings (SSSR count). The van der Waals surface area contributed by atoms with Crippen LogP contribution in [0, 0.1) is 17.8 Å². The van der Waals surface area contributed by atoms with E-state index in [4.69, 9.17) is 0 Å². The maximum Gasteiger partial charge on any atom is 0.0661 e. The molecule has 0 atom stereocenters. The maximum atomic E-state index is 2.68. The molecule has 3 aromatic rings. The Kier molecular flexibility index (Phi) is 3.53. The van der Waals surface area contributed by atoms with E-state index in [1.165, 1.54) is 40.3 Å². The molecule has 0 amide bonds. The van der Waals surface area contributed by atoms with Crippen molar-refractivity contribution in [3.63, 3.8) is 0 Å². The lowest BCUT2D eigenvalue weighted by Gasteiger charge is -2.67. The summed E-state index contributed by atoms with van der Waals surface area (Å²) in [6, 6.07) is 16.4. The molecule has 1 nitrogen and oxygen atoms in total. The van der Waals surface area contributed by atoms with E-state index in [9.17, 15) is 0 Å². The fourth-order valence-electron chi connectivity index (χ4n) is 7.35. The molecule has 0 saturated heterocycles. The molecule has 0 bridgehead atoms. The molecule has 1 aromatic heterocycles. The van der Waals surface area contributed by atoms with Gasteiger partial charge in [0.1, 0.15) is 0 Å². The van der Waals surface area contributed by atoms with Gasteiger partial charge in [-0.1, -0.05) is 76.7 Å². The summed E-state index contributed by atoms with van der Waals surface area (Å²) in [5, 5.41) is 1.50. The van der Waals surface area contributed by atoms with Crippen molar-refractivity contribution in [3.8, 4) is 11.3 Å². The van der Waals surface area contributed by atoms with Crippen LogP contribution in [0.4, 0.5) is 0 Å². The maximum absolute atomic E-state index is 2.68. The van der Waals surface area contributed by atoms with Gasteiger partial charge < -0.3 is 4.57 Å². The van der Waals surface area contributed by atoms with Gasteiger partial charge in [0.05, 0.1) is 14.5 Å². The van der Waals surface area contributed by atoms with Crippen molar-refractivity contribution < 1.29 is 0 Å². The summed E-state index contributed by atoms with van der Waals surface area (Å²) in [5.74, 6) is 0. The van der Waals surface area contributed by atoms with E-state index in [1.54, 1.807) is 11.1 Å². The highest BCUT2D eigenvalue weighted by molar-refractivity contribution is 6.54. The molecule has 28 heavy (non-hydrogen) atoms. The van der Waals surface area contributed by atoms with E-state index >= 15 is 0 Å². The first kappa shape index (κ1) is 18.2. The van der Waals surface area contributed by atoms with Gasteiger partial charge in [0.25, 0.3) is 0 Å². The van der Waals surface area contributed by atoms with Crippen molar-refractivity contribution in [1.82, 2.24) is 4.57 Å². The van der Waals surface area contributed by atoms with Crippen LogP contribution in [0.1, 0.15) is 50.8 Å². The molecule has 1 fully saturated rings. The van der Waals surface area contributed by atoms with Crippen molar-refractivity contribution >= 4 is 19.7 Å². The van der Waals surface area contributed by atoms with E-state index in [2.05, 4.69) is 94.7 Å². The average molecular weight is 387 g/mol. The predicted molar refractivity (Wildman–Crippen MR) is 123 cm³/mol. The van der Waals surface area contributed by atoms with Crippen LogP contribution < -0.4 is 0 Å². The fourth-order valence-corrected chi connectivity index (χ4v) is 8.31. The van der Waals surface area contributed by atoms with Crippen molar-refractivity contribution in [2.45, 2.75) is 65.7 Å². The lowest BCUT2D eigenvalue weighted by Crippen LogP contribution is -2.63. The molecule has 2 aromatic carbocycles. The number of aryl methyl sites for hydroxylation is 1. The van der Waals surface area contributed by atoms with E-state index in [0.717, 1.165) is 0 Å². The summed E-state index contributed by atoms with van der Waals surface area (Å²) >= 11 is 0. The number of nitrogens with zero attached hydrogens (tertiary/aromatic N) is 1. The Hall–Kier alpha value is -1.80. The van der Waals surface area contributed by atoms with Gasteiger partial charge in [-0.2, -0.15) is 0 Å². The minimum Gasteiger partial charge on any atom is -0.344 e. The van der Waals surface area contributed by atoms with Crippen LogP contribution in [-0.4, -0.2) is 13.4 Å². The smallest absolute Gasteiger partial charge is 0.0661 e. The third-order valence-electron chi connectivity index (χ3n) is 7.57. The summed E-state index contributed by atoms with van der Waals surface area (Å²) < 4.78 is 2.68. The topological polar surface area (TPSA) is 4.93 Å². The van der Waals surface area contributed by atoms with Crippen molar-refractivity contribution in [1.29, 1.82) is 0 Å². The van der Waals surface area contributed by atoms with E-state index in [1.807, 2.05) is 0 Å². The number of rotatable bonds is 2. The molecule has 1 radical (unpaired) electrons. The third kappa shape index (κ3) is 1.93. The molecule has 1 saturated carbocycles. The number of hydrogen-bond acceptors (Lipinski definition) is 0. The summed E-state index contributed by atoms with van der Waals surface area (Å²) in [6.45, 7) is 17.1. The Balaban J connectivity index is 2.00. The SMILES string of the molecule is Cc1ccc2c(c1)c1c(n2C[Si](C)C)-c2ccccc2C12C(C)(C)CC2(C)C. The Morgan fingerprint density at radius 1 is 0.964 bits per heavy atom. The summed E-state index contributed by atoms with van der Waals surface area (Å²) in [6.07, 6.45) is 2.44. The monoisotopic (exact) mass is 386 g/mol. The number of fused-ring (bicyclic) bond motifs is 7. The minimum absolute atomic E-state index is 0.0948. The van der Waals surface area contributed by atoms with Crippen molar-refractivity contribution in [3.05, 3.63) is 59.2 Å². The lowest BCUT2D eigenvalue weighted by atomic mass is 9.35. The Morgan fingerprint density at radius 3 is 2.29 bits per heavy atom. The number of benzene rings is 2. The first-order chi connectivity index (χ1) is 13.1. The number of hydrogen-bond donors (Lipinski definition) is 0. The highest BCUT2D eigenvalue weighted by atomic mass is 28.3. The van der Waals surface area contributed by atoms with Gasteiger partial charge in [0.15, 0.2) is 0 Å². The highest BCUT2D eigenvalue weighted by Gasteiger charge is 2.70. The molecule has 2 aliphatic rings. The second-order valence-electron chi connectivity index (χ2n) is 10.8. The van der Waals surface area contributed by atoms with E-state index in [0.29, 0.717) is 0 Å². The van der Waals surface area contributed by atoms with Crippen LogP contribution in [0.5, 0.6) is 0 Å². The van der Waals surface area contributed by atoms with Gasteiger partial charge in [0, 0.05) is 28.0 Å². The largest absolute Gasteiger partial charge is 0.344 e. The molecule has 1 spiro atoms. The molecular weight excluding hydrogens is 354 g/mol. The summed E-state index contributed by atoms with van der Waals surface area (Å²) in [4.78, 5) is 0. The third-order valence-corrected chi connectivity index (χ3v) is 8.52. The molecule has 0 N–H and O–H groups in total. The standard InChI is InChI=1S/C26H32NSi/c1-17-12-13-21-19(14-17)22-23(27(21)16-28(6)7)18-10-8-9-11-20(18)26(22)24(2,3)15-25(26,4)5/h8-14H,15-16H2,1-7H3.